The quantitative estimate of drug-likeness (QED) is 0.669. The molecule has 0 heterocycles. The molecule has 1 aliphatic carbocycles. The fraction of sp³-hybridized carbons (Fsp3) is 1.00. The highest BCUT2D eigenvalue weighted by Gasteiger charge is 2.36. The molecule has 0 spiro atoms. The molecule has 2 nitrogen and oxygen atoms in total. The normalized spacial score (nSPS) is 21.0. The van der Waals surface area contributed by atoms with Gasteiger partial charge in [0.1, 0.15) is 0 Å². The van der Waals surface area contributed by atoms with Gasteiger partial charge in [-0.25, -0.2) is 0 Å². The van der Waals surface area contributed by atoms with Crippen molar-refractivity contribution in [3.8, 4) is 0 Å². The van der Waals surface area contributed by atoms with E-state index >= 15 is 0 Å². The van der Waals surface area contributed by atoms with Gasteiger partial charge in [-0.05, 0) is 38.9 Å². The van der Waals surface area contributed by atoms with Crippen molar-refractivity contribution in [1.82, 2.24) is 10.2 Å². The minimum absolute atomic E-state index is 0.611. The van der Waals surface area contributed by atoms with Crippen molar-refractivity contribution >= 4 is 0 Å². The molecule has 72 valence electrons. The van der Waals surface area contributed by atoms with Crippen molar-refractivity contribution in [2.75, 3.05) is 33.7 Å². The Kier molecular flexibility index (Phi) is 3.53. The molecule has 12 heavy (non-hydrogen) atoms. The number of nitrogens with one attached hydrogen (secondary N) is 1. The molecule has 0 aromatic rings. The van der Waals surface area contributed by atoms with Crippen molar-refractivity contribution in [3.05, 3.63) is 0 Å². The van der Waals surface area contributed by atoms with Crippen molar-refractivity contribution in [1.29, 1.82) is 0 Å². The first kappa shape index (κ1) is 10.0. The zero-order valence-corrected chi connectivity index (χ0v) is 8.69. The Hall–Kier alpha value is -0.0800. The van der Waals surface area contributed by atoms with E-state index in [1.165, 1.54) is 38.9 Å². The summed E-state index contributed by atoms with van der Waals surface area (Å²) in [6, 6.07) is 0. The van der Waals surface area contributed by atoms with Crippen LogP contribution in [0, 0.1) is 5.41 Å². The topological polar surface area (TPSA) is 15.3 Å². The zero-order chi connectivity index (χ0) is 9.03. The second-order valence-corrected chi connectivity index (χ2v) is 4.21. The largest absolute Gasteiger partial charge is 0.319 e. The number of nitrogens with zero attached hydrogens (tertiary/aromatic N) is 1. The molecule has 0 unspecified atom stereocenters. The Balaban J connectivity index is 2.33. The average Bonchev–Trinajstić information content (AvgIpc) is 2.00. The van der Waals surface area contributed by atoms with Gasteiger partial charge in [-0.2, -0.15) is 0 Å². The molecule has 1 rings (SSSR count). The molecule has 0 saturated heterocycles. The Morgan fingerprint density at radius 2 is 2.08 bits per heavy atom. The van der Waals surface area contributed by atoms with Gasteiger partial charge in [0, 0.05) is 13.1 Å². The van der Waals surface area contributed by atoms with E-state index in [4.69, 9.17) is 0 Å². The summed E-state index contributed by atoms with van der Waals surface area (Å²) in [5.41, 5.74) is 0.611. The van der Waals surface area contributed by atoms with Crippen LogP contribution in [0.2, 0.25) is 0 Å². The van der Waals surface area contributed by atoms with E-state index in [-0.39, 0.29) is 0 Å². The van der Waals surface area contributed by atoms with Crippen LogP contribution in [0.3, 0.4) is 0 Å². The second-order valence-electron chi connectivity index (χ2n) is 4.21. The fourth-order valence-electron chi connectivity index (χ4n) is 2.13. The monoisotopic (exact) mass is 170 g/mol. The molecule has 0 bridgehead atoms. The molecule has 2 heteroatoms. The molecule has 1 aliphatic rings. The summed E-state index contributed by atoms with van der Waals surface area (Å²) in [6.07, 6.45) is 4.26. The maximum absolute atomic E-state index is 3.31. The van der Waals surface area contributed by atoms with Crippen LogP contribution in [0.1, 0.15) is 26.2 Å². The summed E-state index contributed by atoms with van der Waals surface area (Å²) in [5.74, 6) is 0. The summed E-state index contributed by atoms with van der Waals surface area (Å²) in [5, 5.41) is 3.31. The Bertz CT molecular complexity index is 130. The van der Waals surface area contributed by atoms with E-state index in [1.54, 1.807) is 0 Å². The van der Waals surface area contributed by atoms with Gasteiger partial charge in [0.2, 0.25) is 0 Å². The van der Waals surface area contributed by atoms with Crippen LogP contribution in [-0.4, -0.2) is 38.6 Å². The third kappa shape index (κ3) is 2.20. The maximum Gasteiger partial charge on any atom is 0.00470 e. The van der Waals surface area contributed by atoms with Crippen LogP contribution in [0.4, 0.5) is 0 Å². The standard InChI is InChI=1S/C10H22N2/c1-4-12(3)9-10(8-11-2)6-5-7-10/h11H,4-9H2,1-3H3. The molecule has 0 aliphatic heterocycles. The van der Waals surface area contributed by atoms with Gasteiger partial charge in [0.25, 0.3) is 0 Å². The van der Waals surface area contributed by atoms with E-state index < -0.39 is 0 Å². The van der Waals surface area contributed by atoms with Gasteiger partial charge in [-0.1, -0.05) is 13.3 Å². The minimum Gasteiger partial charge on any atom is -0.319 e. The molecule has 0 amide bonds. The van der Waals surface area contributed by atoms with Gasteiger partial charge >= 0.3 is 0 Å². The van der Waals surface area contributed by atoms with Crippen molar-refractivity contribution in [2.45, 2.75) is 26.2 Å². The number of hydrogen-bond acceptors (Lipinski definition) is 2. The molecule has 1 saturated carbocycles. The lowest BCUT2D eigenvalue weighted by Gasteiger charge is -2.44. The van der Waals surface area contributed by atoms with Gasteiger partial charge < -0.3 is 10.2 Å². The predicted octanol–water partition coefficient (Wildman–Crippen LogP) is 1.33. The molecule has 0 radical (unpaired) electrons. The number of rotatable bonds is 5. The van der Waals surface area contributed by atoms with E-state index in [0.29, 0.717) is 5.41 Å². The first-order valence-corrected chi connectivity index (χ1v) is 5.05. The second kappa shape index (κ2) is 4.24. The van der Waals surface area contributed by atoms with Gasteiger partial charge in [0.05, 0.1) is 0 Å². The van der Waals surface area contributed by atoms with Crippen molar-refractivity contribution in [2.24, 2.45) is 5.41 Å². The summed E-state index contributed by atoms with van der Waals surface area (Å²) < 4.78 is 0. The van der Waals surface area contributed by atoms with Crippen molar-refractivity contribution in [3.63, 3.8) is 0 Å². The average molecular weight is 170 g/mol. The molecule has 1 N–H and O–H groups in total. The highest BCUT2D eigenvalue weighted by Crippen LogP contribution is 2.40. The van der Waals surface area contributed by atoms with Crippen LogP contribution >= 0.6 is 0 Å². The summed E-state index contributed by atoms with van der Waals surface area (Å²) in [6.45, 7) is 5.86. The fourth-order valence-corrected chi connectivity index (χ4v) is 2.13. The van der Waals surface area contributed by atoms with E-state index in [9.17, 15) is 0 Å². The lowest BCUT2D eigenvalue weighted by Crippen LogP contribution is -2.46. The Morgan fingerprint density at radius 3 is 2.42 bits per heavy atom. The number of hydrogen-bond donors (Lipinski definition) is 1. The summed E-state index contributed by atoms with van der Waals surface area (Å²) in [4.78, 5) is 2.43. The van der Waals surface area contributed by atoms with Crippen LogP contribution in [0.15, 0.2) is 0 Å². The molecular formula is C10H22N2. The van der Waals surface area contributed by atoms with Crippen LogP contribution in [0.5, 0.6) is 0 Å². The Labute approximate surface area is 76.3 Å². The molecule has 0 aromatic carbocycles. The van der Waals surface area contributed by atoms with E-state index in [1.807, 2.05) is 0 Å². The van der Waals surface area contributed by atoms with Crippen LogP contribution in [0.25, 0.3) is 0 Å². The zero-order valence-electron chi connectivity index (χ0n) is 8.69. The van der Waals surface area contributed by atoms with Gasteiger partial charge in [-0.3, -0.25) is 0 Å². The Morgan fingerprint density at radius 1 is 1.42 bits per heavy atom. The highest BCUT2D eigenvalue weighted by atomic mass is 15.1. The van der Waals surface area contributed by atoms with Crippen LogP contribution < -0.4 is 5.32 Å². The SMILES string of the molecule is CCN(C)CC1(CNC)CCC1. The smallest absolute Gasteiger partial charge is 0.00470 e. The van der Waals surface area contributed by atoms with E-state index in [0.717, 1.165) is 0 Å². The first-order chi connectivity index (χ1) is 5.72. The molecule has 1 fully saturated rings. The van der Waals surface area contributed by atoms with Gasteiger partial charge in [-0.15, -0.1) is 0 Å². The predicted molar refractivity (Wildman–Crippen MR) is 53.4 cm³/mol. The van der Waals surface area contributed by atoms with E-state index in [2.05, 4.69) is 31.2 Å². The lowest BCUT2D eigenvalue weighted by molar-refractivity contribution is 0.0822. The molecule has 0 atom stereocenters. The van der Waals surface area contributed by atoms with Crippen LogP contribution in [-0.2, 0) is 0 Å². The molecule has 0 aromatic heterocycles. The maximum atomic E-state index is 3.31. The third-order valence-corrected chi connectivity index (χ3v) is 3.11. The summed E-state index contributed by atoms with van der Waals surface area (Å²) >= 11 is 0. The minimum atomic E-state index is 0.611. The third-order valence-electron chi connectivity index (χ3n) is 3.11. The lowest BCUT2D eigenvalue weighted by atomic mass is 9.68. The summed E-state index contributed by atoms with van der Waals surface area (Å²) in [7, 11) is 4.28. The highest BCUT2D eigenvalue weighted by molar-refractivity contribution is 4.91. The van der Waals surface area contributed by atoms with Crippen molar-refractivity contribution < 1.29 is 0 Å². The van der Waals surface area contributed by atoms with Gasteiger partial charge in [0.15, 0.2) is 0 Å². The molecular weight excluding hydrogens is 148 g/mol. The first-order valence-electron chi connectivity index (χ1n) is 5.05.